The van der Waals surface area contributed by atoms with Gasteiger partial charge < -0.3 is 14.8 Å². The first-order chi connectivity index (χ1) is 10.3. The van der Waals surface area contributed by atoms with Crippen molar-refractivity contribution in [2.24, 2.45) is 0 Å². The van der Waals surface area contributed by atoms with Gasteiger partial charge in [-0.1, -0.05) is 18.5 Å². The molecule has 0 aliphatic carbocycles. The number of rotatable bonds is 8. The van der Waals surface area contributed by atoms with Crippen LogP contribution in [0.15, 0.2) is 18.2 Å². The number of hydrogen-bond acceptors (Lipinski definition) is 4. The molecule has 0 amide bonds. The van der Waals surface area contributed by atoms with Crippen molar-refractivity contribution in [3.05, 3.63) is 28.8 Å². The Kier molecular flexibility index (Phi) is 7.30. The van der Waals surface area contributed by atoms with E-state index in [2.05, 4.69) is 17.1 Å². The van der Waals surface area contributed by atoms with Crippen molar-refractivity contribution >= 4 is 11.6 Å². The van der Waals surface area contributed by atoms with Crippen LogP contribution >= 0.6 is 11.6 Å². The van der Waals surface area contributed by atoms with Crippen LogP contribution in [0, 0.1) is 0 Å². The van der Waals surface area contributed by atoms with Gasteiger partial charge >= 0.3 is 0 Å². The highest BCUT2D eigenvalue weighted by Crippen LogP contribution is 2.23. The molecule has 1 aromatic carbocycles. The average Bonchev–Trinajstić information content (AvgIpc) is 2.51. The van der Waals surface area contributed by atoms with Crippen molar-refractivity contribution in [2.75, 3.05) is 46.0 Å². The Balaban J connectivity index is 1.82. The molecule has 1 N–H and O–H groups in total. The van der Waals surface area contributed by atoms with E-state index in [4.69, 9.17) is 21.1 Å². The summed E-state index contributed by atoms with van der Waals surface area (Å²) in [6, 6.07) is 5.83. The minimum Gasteiger partial charge on any atom is -0.492 e. The third-order valence-electron chi connectivity index (χ3n) is 3.53. The first-order valence-electron chi connectivity index (χ1n) is 7.71. The van der Waals surface area contributed by atoms with Gasteiger partial charge in [0.25, 0.3) is 0 Å². The van der Waals surface area contributed by atoms with E-state index >= 15 is 0 Å². The lowest BCUT2D eigenvalue weighted by molar-refractivity contribution is 0.0322. The SMILES string of the molecule is CCCNCc1cc(Cl)ccc1OCCN1CCOCC1. The van der Waals surface area contributed by atoms with Gasteiger partial charge in [0.05, 0.1) is 13.2 Å². The van der Waals surface area contributed by atoms with Crippen molar-refractivity contribution < 1.29 is 9.47 Å². The summed E-state index contributed by atoms with van der Waals surface area (Å²) in [4.78, 5) is 2.37. The first kappa shape index (κ1) is 16.6. The summed E-state index contributed by atoms with van der Waals surface area (Å²) in [5.74, 6) is 0.927. The molecular weight excluding hydrogens is 288 g/mol. The first-order valence-corrected chi connectivity index (χ1v) is 8.09. The Hall–Kier alpha value is -0.810. The normalized spacial score (nSPS) is 16.1. The molecule has 1 heterocycles. The fourth-order valence-electron chi connectivity index (χ4n) is 2.34. The molecule has 2 rings (SSSR count). The van der Waals surface area contributed by atoms with E-state index in [9.17, 15) is 0 Å². The Morgan fingerprint density at radius 1 is 1.33 bits per heavy atom. The predicted octanol–water partition coefficient (Wildman–Crippen LogP) is 2.55. The average molecular weight is 313 g/mol. The molecule has 118 valence electrons. The van der Waals surface area contributed by atoms with E-state index in [0.29, 0.717) is 6.61 Å². The third kappa shape index (κ3) is 5.83. The molecular formula is C16H25ClN2O2. The van der Waals surface area contributed by atoms with Crippen LogP contribution in [0.1, 0.15) is 18.9 Å². The van der Waals surface area contributed by atoms with Crippen LogP contribution in [0.2, 0.25) is 5.02 Å². The summed E-state index contributed by atoms with van der Waals surface area (Å²) in [7, 11) is 0. The van der Waals surface area contributed by atoms with Gasteiger partial charge in [-0.05, 0) is 31.2 Å². The van der Waals surface area contributed by atoms with E-state index in [0.717, 1.165) is 68.7 Å². The lowest BCUT2D eigenvalue weighted by Crippen LogP contribution is -2.38. The van der Waals surface area contributed by atoms with Crippen molar-refractivity contribution in [3.63, 3.8) is 0 Å². The van der Waals surface area contributed by atoms with Crippen LogP contribution < -0.4 is 10.1 Å². The Morgan fingerprint density at radius 2 is 2.14 bits per heavy atom. The van der Waals surface area contributed by atoms with Crippen molar-refractivity contribution in [3.8, 4) is 5.75 Å². The van der Waals surface area contributed by atoms with Crippen LogP contribution in [-0.2, 0) is 11.3 Å². The summed E-state index contributed by atoms with van der Waals surface area (Å²) in [6.45, 7) is 9.23. The number of ether oxygens (including phenoxy) is 2. The number of halogens is 1. The van der Waals surface area contributed by atoms with Crippen LogP contribution in [0.25, 0.3) is 0 Å². The summed E-state index contributed by atoms with van der Waals surface area (Å²) < 4.78 is 11.3. The van der Waals surface area contributed by atoms with Gasteiger partial charge in [0.15, 0.2) is 0 Å². The Morgan fingerprint density at radius 3 is 2.90 bits per heavy atom. The fraction of sp³-hybridized carbons (Fsp3) is 0.625. The standard InChI is InChI=1S/C16H25ClN2O2/c1-2-5-18-13-14-12-15(17)3-4-16(14)21-11-8-19-6-9-20-10-7-19/h3-4,12,18H,2,5-11,13H2,1H3. The molecule has 0 saturated carbocycles. The monoisotopic (exact) mass is 312 g/mol. The van der Waals surface area contributed by atoms with E-state index in [1.807, 2.05) is 18.2 Å². The quantitative estimate of drug-likeness (QED) is 0.748. The molecule has 0 spiro atoms. The molecule has 0 unspecified atom stereocenters. The lowest BCUT2D eigenvalue weighted by atomic mass is 10.2. The third-order valence-corrected chi connectivity index (χ3v) is 3.77. The highest BCUT2D eigenvalue weighted by atomic mass is 35.5. The summed E-state index contributed by atoms with van der Waals surface area (Å²) in [6.07, 6.45) is 1.12. The molecule has 0 atom stereocenters. The number of nitrogens with one attached hydrogen (secondary N) is 1. The second-order valence-corrected chi connectivity index (χ2v) is 5.67. The molecule has 1 aromatic rings. The smallest absolute Gasteiger partial charge is 0.123 e. The zero-order valence-corrected chi connectivity index (χ0v) is 13.5. The van der Waals surface area contributed by atoms with Crippen molar-refractivity contribution in [1.29, 1.82) is 0 Å². The molecule has 0 bridgehead atoms. The Bertz CT molecular complexity index is 423. The minimum absolute atomic E-state index is 0.697. The van der Waals surface area contributed by atoms with Gasteiger partial charge in [-0.15, -0.1) is 0 Å². The maximum Gasteiger partial charge on any atom is 0.123 e. The van der Waals surface area contributed by atoms with Gasteiger partial charge in [0.2, 0.25) is 0 Å². The summed E-state index contributed by atoms with van der Waals surface area (Å²) >= 11 is 6.08. The molecule has 1 aliphatic heterocycles. The maximum atomic E-state index is 6.08. The summed E-state index contributed by atoms with van der Waals surface area (Å²) in [5, 5.41) is 4.15. The van der Waals surface area contributed by atoms with Gasteiger partial charge in [-0.3, -0.25) is 4.90 Å². The highest BCUT2D eigenvalue weighted by molar-refractivity contribution is 6.30. The molecule has 0 radical (unpaired) electrons. The largest absolute Gasteiger partial charge is 0.492 e. The predicted molar refractivity (Wildman–Crippen MR) is 86.2 cm³/mol. The van der Waals surface area contributed by atoms with E-state index in [1.54, 1.807) is 0 Å². The number of nitrogens with zero attached hydrogens (tertiary/aromatic N) is 1. The second kappa shape index (κ2) is 9.26. The molecule has 5 heteroatoms. The number of hydrogen-bond donors (Lipinski definition) is 1. The molecule has 21 heavy (non-hydrogen) atoms. The molecule has 1 fully saturated rings. The maximum absolute atomic E-state index is 6.08. The second-order valence-electron chi connectivity index (χ2n) is 5.23. The highest BCUT2D eigenvalue weighted by Gasteiger charge is 2.10. The van der Waals surface area contributed by atoms with Crippen molar-refractivity contribution in [1.82, 2.24) is 10.2 Å². The van der Waals surface area contributed by atoms with E-state index in [-0.39, 0.29) is 0 Å². The van der Waals surface area contributed by atoms with E-state index < -0.39 is 0 Å². The lowest BCUT2D eigenvalue weighted by Gasteiger charge is -2.26. The topological polar surface area (TPSA) is 33.7 Å². The zero-order chi connectivity index (χ0) is 14.9. The van der Waals surface area contributed by atoms with Gasteiger partial charge in [0, 0.05) is 36.8 Å². The Labute approximate surface area is 132 Å². The molecule has 1 saturated heterocycles. The molecule has 0 aromatic heterocycles. The van der Waals surface area contributed by atoms with Crippen LogP contribution in [0.5, 0.6) is 5.75 Å². The van der Waals surface area contributed by atoms with Gasteiger partial charge in [0.1, 0.15) is 12.4 Å². The van der Waals surface area contributed by atoms with Crippen LogP contribution in [-0.4, -0.2) is 50.9 Å². The molecule has 1 aliphatic rings. The number of morpholine rings is 1. The summed E-state index contributed by atoms with van der Waals surface area (Å²) in [5.41, 5.74) is 1.12. The number of benzene rings is 1. The van der Waals surface area contributed by atoms with Crippen LogP contribution in [0.4, 0.5) is 0 Å². The van der Waals surface area contributed by atoms with E-state index in [1.165, 1.54) is 0 Å². The van der Waals surface area contributed by atoms with Crippen molar-refractivity contribution in [2.45, 2.75) is 19.9 Å². The zero-order valence-electron chi connectivity index (χ0n) is 12.7. The fourth-order valence-corrected chi connectivity index (χ4v) is 2.53. The molecule has 4 nitrogen and oxygen atoms in total. The minimum atomic E-state index is 0.697. The van der Waals surface area contributed by atoms with Gasteiger partial charge in [-0.25, -0.2) is 0 Å². The van der Waals surface area contributed by atoms with Crippen LogP contribution in [0.3, 0.4) is 0 Å². The van der Waals surface area contributed by atoms with Gasteiger partial charge in [-0.2, -0.15) is 0 Å².